The summed E-state index contributed by atoms with van der Waals surface area (Å²) in [5.41, 5.74) is 4.96. The van der Waals surface area contributed by atoms with Crippen molar-refractivity contribution in [2.75, 3.05) is 18.0 Å². The van der Waals surface area contributed by atoms with Gasteiger partial charge in [-0.05, 0) is 59.2 Å². The highest BCUT2D eigenvalue weighted by Gasteiger charge is 2.72. The second-order valence-corrected chi connectivity index (χ2v) is 13.5. The third kappa shape index (κ3) is 3.00. The van der Waals surface area contributed by atoms with Crippen molar-refractivity contribution in [3.8, 4) is 0 Å². The molecule has 3 aromatic rings. The lowest BCUT2D eigenvalue weighted by Gasteiger charge is -2.55. The lowest BCUT2D eigenvalue weighted by Crippen LogP contribution is -2.56. The van der Waals surface area contributed by atoms with Gasteiger partial charge in [-0.2, -0.15) is 0 Å². The number of nitrogens with zero attached hydrogens (tertiary/aromatic N) is 2. The highest BCUT2D eigenvalue weighted by Crippen LogP contribution is 2.70. The Morgan fingerprint density at radius 1 is 0.763 bits per heavy atom. The molecule has 0 aromatic heterocycles. The molecule has 2 saturated heterocycles. The fourth-order valence-electron chi connectivity index (χ4n) is 7.09. The zero-order chi connectivity index (χ0) is 26.4. The molecule has 0 spiro atoms. The monoisotopic (exact) mass is 632 g/mol. The number of benzene rings is 3. The van der Waals surface area contributed by atoms with Gasteiger partial charge in [-0.3, -0.25) is 14.4 Å². The highest BCUT2D eigenvalue weighted by atomic mass is 79.9. The van der Waals surface area contributed by atoms with E-state index in [0.717, 1.165) is 48.2 Å². The number of carbonyl (C=O) groups excluding carboxylic acids is 3. The first-order valence-electron chi connectivity index (χ1n) is 13.1. The Bertz CT molecular complexity index is 1410. The van der Waals surface area contributed by atoms with Crippen LogP contribution in [0.5, 0.6) is 0 Å². The largest absolute Gasteiger partial charge is 0.339 e. The minimum Gasteiger partial charge on any atom is -0.339 e. The molecule has 3 amide bonds. The molecule has 8 rings (SSSR count). The van der Waals surface area contributed by atoms with Gasteiger partial charge in [-0.25, -0.2) is 4.90 Å². The summed E-state index contributed by atoms with van der Waals surface area (Å²) in [5, 5.41) is 0. The molecule has 0 N–H and O–H groups in total. The van der Waals surface area contributed by atoms with E-state index in [1.54, 1.807) is 24.3 Å². The summed E-state index contributed by atoms with van der Waals surface area (Å²) in [6.45, 7) is 3.67. The standard InChI is InChI=1S/C31H26Br2N2O3/c1-18-13-15-34(16-14-18)27(36)19-7-6-8-20(17-19)35-28(37)25-26(29(35)38)31(33)22-10-3-2-9-21(22)30(25,32)23-11-4-5-12-24(23)31/h2-12,17-18,25-26H,13-16H2,1H3/t25-,26-,30?,31?/m1/s1. The minimum atomic E-state index is -0.834. The van der Waals surface area contributed by atoms with Gasteiger partial charge in [-0.15, -0.1) is 0 Å². The molecule has 2 aliphatic heterocycles. The van der Waals surface area contributed by atoms with Crippen LogP contribution in [0.3, 0.4) is 0 Å². The van der Waals surface area contributed by atoms with E-state index >= 15 is 0 Å². The molecule has 5 nitrogen and oxygen atoms in total. The Balaban J connectivity index is 1.33. The van der Waals surface area contributed by atoms with E-state index in [1.807, 2.05) is 53.4 Å². The van der Waals surface area contributed by atoms with Crippen molar-refractivity contribution in [2.24, 2.45) is 17.8 Å². The maximum absolute atomic E-state index is 14.3. The number of rotatable bonds is 2. The van der Waals surface area contributed by atoms with Gasteiger partial charge in [0.25, 0.3) is 5.91 Å². The second kappa shape index (κ2) is 8.36. The number of hydrogen-bond donors (Lipinski definition) is 0. The summed E-state index contributed by atoms with van der Waals surface area (Å²) < 4.78 is -1.67. The van der Waals surface area contributed by atoms with Gasteiger partial charge in [-0.1, -0.05) is 93.4 Å². The number of alkyl halides is 2. The van der Waals surface area contributed by atoms with Crippen molar-refractivity contribution in [1.82, 2.24) is 4.90 Å². The van der Waals surface area contributed by atoms with Crippen molar-refractivity contribution < 1.29 is 14.4 Å². The van der Waals surface area contributed by atoms with E-state index in [0.29, 0.717) is 17.2 Å². The molecule has 0 unspecified atom stereocenters. The van der Waals surface area contributed by atoms with Gasteiger partial charge in [0, 0.05) is 18.7 Å². The van der Waals surface area contributed by atoms with E-state index < -0.39 is 20.5 Å². The third-order valence-corrected chi connectivity index (χ3v) is 11.7. The number of likely N-dealkylation sites (tertiary alicyclic amines) is 1. The first-order valence-corrected chi connectivity index (χ1v) is 14.7. The number of piperidine rings is 1. The van der Waals surface area contributed by atoms with Crippen LogP contribution >= 0.6 is 31.9 Å². The molecule has 0 saturated carbocycles. The van der Waals surface area contributed by atoms with Gasteiger partial charge in [0.05, 0.1) is 26.2 Å². The number of imide groups is 1. The molecular formula is C31H26Br2N2O3. The average Bonchev–Trinajstić information content (AvgIpc) is 3.22. The topological polar surface area (TPSA) is 57.7 Å². The van der Waals surface area contributed by atoms with Crippen LogP contribution in [0.4, 0.5) is 5.69 Å². The van der Waals surface area contributed by atoms with Crippen molar-refractivity contribution in [2.45, 2.75) is 28.4 Å². The fraction of sp³-hybridized carbons (Fsp3) is 0.323. The molecule has 0 radical (unpaired) electrons. The number of carbonyl (C=O) groups is 3. The SMILES string of the molecule is CC1CCN(C(=O)c2cccc(N3C(=O)[C@H]4[C@H](C3=O)C3(Br)c5ccccc5C4(Br)c4ccccc43)c2)CC1. The highest BCUT2D eigenvalue weighted by molar-refractivity contribution is 9.10. The molecule has 2 fully saturated rings. The summed E-state index contributed by atoms with van der Waals surface area (Å²) in [4.78, 5) is 45.1. The van der Waals surface area contributed by atoms with Gasteiger partial charge in [0.2, 0.25) is 11.8 Å². The molecule has 2 heterocycles. The first kappa shape index (κ1) is 24.3. The molecule has 192 valence electrons. The van der Waals surface area contributed by atoms with Crippen molar-refractivity contribution >= 4 is 55.3 Å². The first-order chi connectivity index (χ1) is 18.3. The summed E-state index contributed by atoms with van der Waals surface area (Å²) in [5.74, 6) is -1.21. The number of hydrogen-bond acceptors (Lipinski definition) is 3. The minimum absolute atomic E-state index is 0.0518. The quantitative estimate of drug-likeness (QED) is 0.258. The lowest BCUT2D eigenvalue weighted by molar-refractivity contribution is -0.122. The van der Waals surface area contributed by atoms with E-state index in [9.17, 15) is 14.4 Å². The summed E-state index contributed by atoms with van der Waals surface area (Å²) in [6, 6.07) is 23.1. The third-order valence-electron chi connectivity index (χ3n) is 9.01. The van der Waals surface area contributed by atoms with Gasteiger partial charge < -0.3 is 4.90 Å². The predicted molar refractivity (Wildman–Crippen MR) is 153 cm³/mol. The van der Waals surface area contributed by atoms with E-state index in [-0.39, 0.29) is 17.7 Å². The maximum Gasteiger partial charge on any atom is 0.253 e. The van der Waals surface area contributed by atoms with Crippen LogP contribution in [0.25, 0.3) is 0 Å². The fourth-order valence-corrected chi connectivity index (χ4v) is 9.40. The molecule has 2 atom stereocenters. The molecule has 3 aliphatic carbocycles. The Hall–Kier alpha value is -2.77. The summed E-state index contributed by atoms with van der Waals surface area (Å²) in [6.07, 6.45) is 1.97. The Kier molecular flexibility index (Phi) is 5.34. The predicted octanol–water partition coefficient (Wildman–Crippen LogP) is 5.97. The zero-order valence-corrected chi connectivity index (χ0v) is 24.0. The van der Waals surface area contributed by atoms with Crippen molar-refractivity contribution in [3.63, 3.8) is 0 Å². The van der Waals surface area contributed by atoms with Gasteiger partial charge in [0.1, 0.15) is 0 Å². The van der Waals surface area contributed by atoms with Crippen LogP contribution in [0.2, 0.25) is 0 Å². The van der Waals surface area contributed by atoms with E-state index in [1.165, 1.54) is 4.90 Å². The normalized spacial score (nSPS) is 29.8. The summed E-state index contributed by atoms with van der Waals surface area (Å²) in [7, 11) is 0. The van der Waals surface area contributed by atoms with Gasteiger partial charge in [0.15, 0.2) is 0 Å². The van der Waals surface area contributed by atoms with Crippen molar-refractivity contribution in [1.29, 1.82) is 0 Å². The number of amides is 3. The van der Waals surface area contributed by atoms with Crippen molar-refractivity contribution in [3.05, 3.63) is 101 Å². The van der Waals surface area contributed by atoms with Crippen LogP contribution in [0.15, 0.2) is 72.8 Å². The second-order valence-electron chi connectivity index (χ2n) is 11.0. The van der Waals surface area contributed by atoms with Crippen LogP contribution in [-0.4, -0.2) is 35.7 Å². The molecule has 2 bridgehead atoms. The molecule has 5 aliphatic rings. The van der Waals surface area contributed by atoms with Crippen LogP contribution in [0.1, 0.15) is 52.4 Å². The maximum atomic E-state index is 14.3. The van der Waals surface area contributed by atoms with Gasteiger partial charge >= 0.3 is 0 Å². The smallest absolute Gasteiger partial charge is 0.253 e. The van der Waals surface area contributed by atoms with E-state index in [4.69, 9.17) is 0 Å². The Morgan fingerprint density at radius 3 is 1.71 bits per heavy atom. The zero-order valence-electron chi connectivity index (χ0n) is 20.9. The molecule has 38 heavy (non-hydrogen) atoms. The van der Waals surface area contributed by atoms with Crippen LogP contribution in [-0.2, 0) is 18.2 Å². The number of anilines is 1. The average molecular weight is 634 g/mol. The number of halogens is 2. The van der Waals surface area contributed by atoms with Crippen LogP contribution < -0.4 is 4.90 Å². The molecular weight excluding hydrogens is 608 g/mol. The Labute approximate surface area is 238 Å². The molecule has 3 aromatic carbocycles. The van der Waals surface area contributed by atoms with E-state index in [2.05, 4.69) is 38.8 Å². The lowest BCUT2D eigenvalue weighted by atomic mass is 9.54. The summed E-state index contributed by atoms with van der Waals surface area (Å²) >= 11 is 8.09. The Morgan fingerprint density at radius 2 is 1.24 bits per heavy atom. The van der Waals surface area contributed by atoms with Crippen LogP contribution in [0, 0.1) is 17.8 Å². The molecule has 7 heteroatoms.